The van der Waals surface area contributed by atoms with E-state index in [1.807, 2.05) is 19.9 Å². The number of aromatic nitrogens is 2. The lowest BCUT2D eigenvalue weighted by atomic mass is 9.96. The summed E-state index contributed by atoms with van der Waals surface area (Å²) in [4.78, 5) is 11.8. The van der Waals surface area contributed by atoms with E-state index in [-0.39, 0.29) is 12.5 Å². The molecule has 2 rings (SSSR count). The van der Waals surface area contributed by atoms with E-state index >= 15 is 0 Å². The van der Waals surface area contributed by atoms with Crippen molar-refractivity contribution in [3.8, 4) is 0 Å². The van der Waals surface area contributed by atoms with Gasteiger partial charge in [-0.3, -0.25) is 20.3 Å². The zero-order chi connectivity index (χ0) is 15.2. The molecule has 3 N–H and O–H groups in total. The van der Waals surface area contributed by atoms with Gasteiger partial charge in [-0.2, -0.15) is 5.10 Å². The minimum absolute atomic E-state index is 0.172. The number of rotatable bonds is 3. The summed E-state index contributed by atoms with van der Waals surface area (Å²) in [6.45, 7) is 4.01. The smallest absolute Gasteiger partial charge is 0.260 e. The largest absolute Gasteiger partial charge is 0.359 e. The average molecular weight is 309 g/mol. The maximum Gasteiger partial charge on any atom is 0.260 e. The van der Waals surface area contributed by atoms with Gasteiger partial charge < -0.3 is 5.32 Å². The number of carbonyl (C=O) groups excluding carboxylic acids is 1. The summed E-state index contributed by atoms with van der Waals surface area (Å²) < 4.78 is 1.67. The van der Waals surface area contributed by atoms with Crippen LogP contribution in [0.15, 0.2) is 6.07 Å². The first-order valence-electron chi connectivity index (χ1n) is 7.41. The van der Waals surface area contributed by atoms with Crippen molar-refractivity contribution < 1.29 is 4.79 Å². The van der Waals surface area contributed by atoms with E-state index in [2.05, 4.69) is 21.3 Å². The van der Waals surface area contributed by atoms with Gasteiger partial charge in [-0.25, -0.2) is 0 Å². The first kappa shape index (κ1) is 15.8. The molecule has 0 unspecified atom stereocenters. The number of carbonyl (C=O) groups is 1. The summed E-state index contributed by atoms with van der Waals surface area (Å²) >= 11 is 5.19. The van der Waals surface area contributed by atoms with E-state index in [1.54, 1.807) is 4.68 Å². The van der Waals surface area contributed by atoms with E-state index in [0.29, 0.717) is 11.2 Å². The fourth-order valence-corrected chi connectivity index (χ4v) is 2.82. The van der Waals surface area contributed by atoms with Crippen molar-refractivity contribution in [1.82, 2.24) is 25.9 Å². The first-order valence-corrected chi connectivity index (χ1v) is 7.82. The molecule has 7 heteroatoms. The number of hydrogen-bond acceptors (Lipinski definition) is 3. The van der Waals surface area contributed by atoms with Crippen LogP contribution in [-0.2, 0) is 11.3 Å². The maximum absolute atomic E-state index is 11.8. The quantitative estimate of drug-likeness (QED) is 0.580. The Morgan fingerprint density at radius 1 is 1.33 bits per heavy atom. The number of thiocarbonyl (C=S) groups is 1. The van der Waals surface area contributed by atoms with Crippen molar-refractivity contribution in [3.63, 3.8) is 0 Å². The Balaban J connectivity index is 1.70. The highest BCUT2D eigenvalue weighted by atomic mass is 32.1. The summed E-state index contributed by atoms with van der Waals surface area (Å²) in [5, 5.41) is 7.96. The fraction of sp³-hybridized carbons (Fsp3) is 0.643. The van der Waals surface area contributed by atoms with E-state index in [0.717, 1.165) is 24.2 Å². The van der Waals surface area contributed by atoms with Crippen LogP contribution in [-0.4, -0.2) is 26.8 Å². The zero-order valence-electron chi connectivity index (χ0n) is 12.6. The molecule has 1 aromatic heterocycles. The third-order valence-corrected chi connectivity index (χ3v) is 3.87. The van der Waals surface area contributed by atoms with Crippen LogP contribution in [0.2, 0.25) is 0 Å². The van der Waals surface area contributed by atoms with E-state index in [1.165, 1.54) is 19.3 Å². The second kappa shape index (κ2) is 7.40. The summed E-state index contributed by atoms with van der Waals surface area (Å²) in [7, 11) is 0. The summed E-state index contributed by atoms with van der Waals surface area (Å²) in [5.74, 6) is -0.172. The number of nitrogens with one attached hydrogen (secondary N) is 3. The second-order valence-corrected chi connectivity index (χ2v) is 5.97. The molecule has 1 aliphatic carbocycles. The molecule has 0 bridgehead atoms. The van der Waals surface area contributed by atoms with Gasteiger partial charge >= 0.3 is 0 Å². The highest BCUT2D eigenvalue weighted by Crippen LogP contribution is 2.17. The van der Waals surface area contributed by atoms with Crippen LogP contribution in [0.25, 0.3) is 0 Å². The topological polar surface area (TPSA) is 71.0 Å². The highest BCUT2D eigenvalue weighted by molar-refractivity contribution is 7.80. The molecule has 0 atom stereocenters. The molecule has 0 spiro atoms. The zero-order valence-corrected chi connectivity index (χ0v) is 13.4. The minimum Gasteiger partial charge on any atom is -0.359 e. The van der Waals surface area contributed by atoms with Crippen molar-refractivity contribution in [2.24, 2.45) is 0 Å². The second-order valence-electron chi connectivity index (χ2n) is 5.57. The Kier molecular flexibility index (Phi) is 5.55. The van der Waals surface area contributed by atoms with E-state index in [4.69, 9.17) is 12.2 Å². The third-order valence-electron chi connectivity index (χ3n) is 3.65. The van der Waals surface area contributed by atoms with E-state index in [9.17, 15) is 4.79 Å². The predicted molar refractivity (Wildman–Crippen MR) is 85.6 cm³/mol. The monoisotopic (exact) mass is 309 g/mol. The molecule has 1 fully saturated rings. The average Bonchev–Trinajstić information content (AvgIpc) is 2.76. The lowest BCUT2D eigenvalue weighted by Crippen LogP contribution is -2.50. The summed E-state index contributed by atoms with van der Waals surface area (Å²) in [5.41, 5.74) is 7.23. The molecule has 1 heterocycles. The highest BCUT2D eigenvalue weighted by Gasteiger charge is 2.14. The molecule has 6 nitrogen and oxygen atoms in total. The van der Waals surface area contributed by atoms with Gasteiger partial charge in [0.1, 0.15) is 6.54 Å². The molecule has 0 radical (unpaired) electrons. The lowest BCUT2D eigenvalue weighted by Gasteiger charge is -2.24. The third kappa shape index (κ3) is 5.00. The Labute approximate surface area is 130 Å². The van der Waals surface area contributed by atoms with Gasteiger partial charge in [0.15, 0.2) is 5.11 Å². The van der Waals surface area contributed by atoms with Crippen LogP contribution in [0.3, 0.4) is 0 Å². The first-order chi connectivity index (χ1) is 10.0. The molecule has 0 aliphatic heterocycles. The SMILES string of the molecule is Cc1cc(C)n(CC(=O)NNC(=S)NC2CCCCC2)n1. The van der Waals surface area contributed by atoms with Crippen LogP contribution in [0, 0.1) is 13.8 Å². The van der Waals surface area contributed by atoms with Crippen molar-refractivity contribution in [3.05, 3.63) is 17.5 Å². The Bertz CT molecular complexity index is 507. The van der Waals surface area contributed by atoms with E-state index < -0.39 is 0 Å². The number of nitrogens with zero attached hydrogens (tertiary/aromatic N) is 2. The molecular weight excluding hydrogens is 286 g/mol. The van der Waals surface area contributed by atoms with Gasteiger partial charge in [-0.05, 0) is 45.0 Å². The Morgan fingerprint density at radius 2 is 2.05 bits per heavy atom. The molecule has 116 valence electrons. The number of hydrogen-bond donors (Lipinski definition) is 3. The summed E-state index contributed by atoms with van der Waals surface area (Å²) in [6.07, 6.45) is 6.07. The standard InChI is InChI=1S/C14H23N5OS/c1-10-8-11(2)19(18-10)9-13(20)16-17-14(21)15-12-6-4-3-5-7-12/h8,12H,3-7,9H2,1-2H3,(H,16,20)(H2,15,17,21). The fourth-order valence-electron chi connectivity index (χ4n) is 2.61. The van der Waals surface area contributed by atoms with Crippen LogP contribution >= 0.6 is 12.2 Å². The summed E-state index contributed by atoms with van der Waals surface area (Å²) in [6, 6.07) is 2.36. The number of amides is 1. The number of hydrazine groups is 1. The van der Waals surface area contributed by atoms with Crippen LogP contribution < -0.4 is 16.2 Å². The van der Waals surface area contributed by atoms with Crippen LogP contribution in [0.5, 0.6) is 0 Å². The van der Waals surface area contributed by atoms with Crippen molar-refractivity contribution in [1.29, 1.82) is 0 Å². The predicted octanol–water partition coefficient (Wildman–Crippen LogP) is 1.33. The van der Waals surface area contributed by atoms with Crippen molar-refractivity contribution >= 4 is 23.2 Å². The van der Waals surface area contributed by atoms with Gasteiger partial charge in [-0.15, -0.1) is 0 Å². The van der Waals surface area contributed by atoms with Crippen molar-refractivity contribution in [2.75, 3.05) is 0 Å². The molecule has 1 amide bonds. The van der Waals surface area contributed by atoms with Crippen LogP contribution in [0.1, 0.15) is 43.5 Å². The molecule has 0 saturated heterocycles. The lowest BCUT2D eigenvalue weighted by molar-refractivity contribution is -0.122. The van der Waals surface area contributed by atoms with Crippen LogP contribution in [0.4, 0.5) is 0 Å². The molecule has 0 aromatic carbocycles. The van der Waals surface area contributed by atoms with Gasteiger partial charge in [0.25, 0.3) is 5.91 Å². The Hall–Kier alpha value is -1.63. The van der Waals surface area contributed by atoms with Gasteiger partial charge in [0.2, 0.25) is 0 Å². The molecular formula is C14H23N5OS. The van der Waals surface area contributed by atoms with Crippen molar-refractivity contribution in [2.45, 2.75) is 58.5 Å². The van der Waals surface area contributed by atoms with Gasteiger partial charge in [-0.1, -0.05) is 19.3 Å². The normalized spacial score (nSPS) is 15.5. The molecule has 1 aromatic rings. The molecule has 1 saturated carbocycles. The Morgan fingerprint density at radius 3 is 2.67 bits per heavy atom. The van der Waals surface area contributed by atoms with Gasteiger partial charge in [0.05, 0.1) is 5.69 Å². The van der Waals surface area contributed by atoms with Gasteiger partial charge in [0, 0.05) is 11.7 Å². The minimum atomic E-state index is -0.172. The molecule has 1 aliphatic rings. The number of aryl methyl sites for hydroxylation is 2. The maximum atomic E-state index is 11.8. The molecule has 21 heavy (non-hydrogen) atoms.